The van der Waals surface area contributed by atoms with E-state index in [0.717, 1.165) is 5.56 Å². The van der Waals surface area contributed by atoms with Crippen molar-refractivity contribution in [3.05, 3.63) is 45.9 Å². The minimum atomic E-state index is -0.555. The van der Waals surface area contributed by atoms with E-state index in [0.29, 0.717) is 23.1 Å². The second-order valence-corrected chi connectivity index (χ2v) is 5.24. The number of nitrogens with two attached hydrogens (primary N) is 1. The Bertz CT molecular complexity index is 641. The Morgan fingerprint density at radius 3 is 2.95 bits per heavy atom. The molecule has 1 heterocycles. The number of carbonyl (C=O) groups excluding carboxylic acids is 1. The van der Waals surface area contributed by atoms with Gasteiger partial charge in [-0.2, -0.15) is 5.10 Å². The van der Waals surface area contributed by atoms with Crippen LogP contribution in [0.4, 0.5) is 10.1 Å². The largest absolute Gasteiger partial charge is 0.396 e. The van der Waals surface area contributed by atoms with Crippen molar-refractivity contribution in [3.8, 4) is 0 Å². The predicted octanol–water partition coefficient (Wildman–Crippen LogP) is 2.11. The van der Waals surface area contributed by atoms with Crippen LogP contribution in [0.15, 0.2) is 29.0 Å². The number of carbonyl (C=O) groups is 1. The first-order valence-corrected chi connectivity index (χ1v) is 6.78. The third kappa shape index (κ3) is 3.36. The van der Waals surface area contributed by atoms with Crippen LogP contribution in [0.2, 0.25) is 0 Å². The van der Waals surface area contributed by atoms with Crippen molar-refractivity contribution in [1.82, 2.24) is 15.1 Å². The Balaban J connectivity index is 1.97. The lowest BCUT2D eigenvalue weighted by Gasteiger charge is -2.08. The Labute approximate surface area is 124 Å². The number of nitrogens with one attached hydrogen (secondary N) is 1. The molecule has 1 amide bonds. The molecule has 0 aliphatic carbocycles. The van der Waals surface area contributed by atoms with Gasteiger partial charge < -0.3 is 11.1 Å². The van der Waals surface area contributed by atoms with E-state index in [1.807, 2.05) is 13.1 Å². The lowest BCUT2D eigenvalue weighted by atomic mass is 10.2. The van der Waals surface area contributed by atoms with Gasteiger partial charge in [0, 0.05) is 17.2 Å². The number of nitrogens with zero attached hydrogens (tertiary/aromatic N) is 2. The highest BCUT2D eigenvalue weighted by Crippen LogP contribution is 2.22. The number of aromatic nitrogens is 2. The van der Waals surface area contributed by atoms with E-state index in [2.05, 4.69) is 26.3 Å². The van der Waals surface area contributed by atoms with E-state index in [1.54, 1.807) is 10.9 Å². The summed E-state index contributed by atoms with van der Waals surface area (Å²) in [7, 11) is 0. The van der Waals surface area contributed by atoms with Gasteiger partial charge in [0.05, 0.1) is 24.0 Å². The zero-order valence-corrected chi connectivity index (χ0v) is 12.4. The lowest BCUT2D eigenvalue weighted by Crippen LogP contribution is -2.27. The van der Waals surface area contributed by atoms with Crippen molar-refractivity contribution < 1.29 is 9.18 Å². The van der Waals surface area contributed by atoms with Crippen LogP contribution in [-0.2, 0) is 6.54 Å². The molecule has 0 radical (unpaired) electrons. The van der Waals surface area contributed by atoms with E-state index in [-0.39, 0.29) is 11.6 Å². The number of amides is 1. The topological polar surface area (TPSA) is 72.9 Å². The standard InChI is InChI=1S/C13H14BrFN4O/c1-8-6-18-19(7-8)3-2-17-13(20)9-4-12(16)11(15)5-10(9)14/h4-7H,2-3,16H2,1H3,(H,17,20). The average molecular weight is 341 g/mol. The molecule has 1 aromatic carbocycles. The van der Waals surface area contributed by atoms with E-state index >= 15 is 0 Å². The first kappa shape index (κ1) is 14.5. The van der Waals surface area contributed by atoms with E-state index in [9.17, 15) is 9.18 Å². The number of nitrogen functional groups attached to an aromatic ring is 1. The van der Waals surface area contributed by atoms with Gasteiger partial charge in [0.15, 0.2) is 0 Å². The Hall–Kier alpha value is -1.89. The summed E-state index contributed by atoms with van der Waals surface area (Å²) in [6, 6.07) is 2.49. The Morgan fingerprint density at radius 2 is 2.30 bits per heavy atom. The zero-order chi connectivity index (χ0) is 14.7. The Morgan fingerprint density at radius 1 is 1.55 bits per heavy atom. The number of hydrogen-bond acceptors (Lipinski definition) is 3. The van der Waals surface area contributed by atoms with Crippen LogP contribution in [0.5, 0.6) is 0 Å². The van der Waals surface area contributed by atoms with Crippen LogP contribution in [0, 0.1) is 12.7 Å². The second kappa shape index (κ2) is 6.04. The van der Waals surface area contributed by atoms with Gasteiger partial charge in [-0.05, 0) is 40.5 Å². The van der Waals surface area contributed by atoms with Crippen molar-refractivity contribution in [2.75, 3.05) is 12.3 Å². The third-order valence-corrected chi connectivity index (χ3v) is 3.38. The van der Waals surface area contributed by atoms with Crippen molar-refractivity contribution in [1.29, 1.82) is 0 Å². The molecule has 0 aliphatic rings. The first-order valence-electron chi connectivity index (χ1n) is 5.99. The molecule has 0 saturated carbocycles. The number of benzene rings is 1. The molecule has 0 spiro atoms. The minimum Gasteiger partial charge on any atom is -0.396 e. The molecule has 1 aromatic heterocycles. The van der Waals surface area contributed by atoms with Gasteiger partial charge in [-0.1, -0.05) is 0 Å². The zero-order valence-electron chi connectivity index (χ0n) is 10.9. The summed E-state index contributed by atoms with van der Waals surface area (Å²) in [6.07, 6.45) is 3.64. The van der Waals surface area contributed by atoms with Crippen LogP contribution in [-0.4, -0.2) is 22.2 Å². The minimum absolute atomic E-state index is 0.0546. The van der Waals surface area contributed by atoms with Crippen molar-refractivity contribution in [3.63, 3.8) is 0 Å². The molecule has 106 valence electrons. The molecule has 0 saturated heterocycles. The summed E-state index contributed by atoms with van der Waals surface area (Å²) in [4.78, 5) is 12.0. The summed E-state index contributed by atoms with van der Waals surface area (Å²) in [5.41, 5.74) is 6.77. The van der Waals surface area contributed by atoms with Gasteiger partial charge in [-0.25, -0.2) is 4.39 Å². The van der Waals surface area contributed by atoms with Gasteiger partial charge in [0.1, 0.15) is 5.82 Å². The normalized spacial score (nSPS) is 10.6. The molecule has 2 rings (SSSR count). The molecule has 5 nitrogen and oxygen atoms in total. The molecule has 0 atom stereocenters. The number of anilines is 1. The van der Waals surface area contributed by atoms with E-state index in [4.69, 9.17) is 5.73 Å². The fourth-order valence-corrected chi connectivity index (χ4v) is 2.20. The summed E-state index contributed by atoms with van der Waals surface area (Å²) >= 11 is 3.15. The van der Waals surface area contributed by atoms with Gasteiger partial charge in [0.2, 0.25) is 0 Å². The van der Waals surface area contributed by atoms with E-state index in [1.165, 1.54) is 12.1 Å². The van der Waals surface area contributed by atoms with Gasteiger partial charge >= 0.3 is 0 Å². The molecule has 0 unspecified atom stereocenters. The molecule has 0 fully saturated rings. The fraction of sp³-hybridized carbons (Fsp3) is 0.231. The smallest absolute Gasteiger partial charge is 0.252 e. The molecule has 7 heteroatoms. The SMILES string of the molecule is Cc1cnn(CCNC(=O)c2cc(N)c(F)cc2Br)c1. The quantitative estimate of drug-likeness (QED) is 0.837. The molecule has 3 N–H and O–H groups in total. The monoisotopic (exact) mass is 340 g/mol. The first-order chi connectivity index (χ1) is 9.47. The molecular weight excluding hydrogens is 327 g/mol. The highest BCUT2D eigenvalue weighted by Gasteiger charge is 2.12. The third-order valence-electron chi connectivity index (χ3n) is 2.72. The maximum Gasteiger partial charge on any atom is 0.252 e. The van der Waals surface area contributed by atoms with Crippen LogP contribution in [0.25, 0.3) is 0 Å². The molecule has 2 aromatic rings. The summed E-state index contributed by atoms with van der Waals surface area (Å²) in [6.45, 7) is 2.93. The maximum atomic E-state index is 13.2. The predicted molar refractivity (Wildman–Crippen MR) is 77.8 cm³/mol. The second-order valence-electron chi connectivity index (χ2n) is 4.39. The van der Waals surface area contributed by atoms with Crippen LogP contribution >= 0.6 is 15.9 Å². The van der Waals surface area contributed by atoms with Gasteiger partial charge in [-0.3, -0.25) is 9.48 Å². The number of rotatable bonds is 4. The lowest BCUT2D eigenvalue weighted by molar-refractivity contribution is 0.0951. The number of halogens is 2. The van der Waals surface area contributed by atoms with Crippen LogP contribution < -0.4 is 11.1 Å². The van der Waals surface area contributed by atoms with Crippen molar-refractivity contribution in [2.45, 2.75) is 13.5 Å². The molecule has 20 heavy (non-hydrogen) atoms. The molecule has 0 aliphatic heterocycles. The fourth-order valence-electron chi connectivity index (χ4n) is 1.71. The van der Waals surface area contributed by atoms with Gasteiger partial charge in [0.25, 0.3) is 5.91 Å². The summed E-state index contributed by atoms with van der Waals surface area (Å²) < 4.78 is 15.3. The maximum absolute atomic E-state index is 13.2. The van der Waals surface area contributed by atoms with Gasteiger partial charge in [-0.15, -0.1) is 0 Å². The highest BCUT2D eigenvalue weighted by molar-refractivity contribution is 9.10. The average Bonchev–Trinajstić information content (AvgIpc) is 2.79. The molecule has 0 bridgehead atoms. The highest BCUT2D eigenvalue weighted by atomic mass is 79.9. The van der Waals surface area contributed by atoms with Crippen LogP contribution in [0.1, 0.15) is 15.9 Å². The summed E-state index contributed by atoms with van der Waals surface area (Å²) in [5, 5.41) is 6.85. The van der Waals surface area contributed by atoms with Crippen LogP contribution in [0.3, 0.4) is 0 Å². The number of aryl methyl sites for hydroxylation is 1. The Kier molecular flexibility index (Phi) is 4.39. The van der Waals surface area contributed by atoms with Crippen molar-refractivity contribution >= 4 is 27.5 Å². The number of hydrogen-bond donors (Lipinski definition) is 2. The van der Waals surface area contributed by atoms with Crippen molar-refractivity contribution in [2.24, 2.45) is 0 Å². The summed E-state index contributed by atoms with van der Waals surface area (Å²) in [5.74, 6) is -0.868. The van der Waals surface area contributed by atoms with E-state index < -0.39 is 5.82 Å². The molecular formula is C13H14BrFN4O.